The molecule has 0 bridgehead atoms. The zero-order chi connectivity index (χ0) is 26.1. The number of halogens is 1. The van der Waals surface area contributed by atoms with Crippen LogP contribution in [-0.4, -0.2) is 34.1 Å². The molecule has 0 saturated carbocycles. The second-order valence-corrected chi connectivity index (χ2v) is 10.5. The molecule has 1 rings (SSSR count). The predicted octanol–water partition coefficient (Wildman–Crippen LogP) is 7.61. The molecular weight excluding hydrogens is 529 g/mol. The Kier molecular flexibility index (Phi) is 17.3. The summed E-state index contributed by atoms with van der Waals surface area (Å²) < 4.78 is 22.6. The molecule has 196 valence electrons. The Hall–Kier alpha value is -1.32. The number of carboxylic acids is 1. The number of phosphoric ester groups is 1. The van der Waals surface area contributed by atoms with Crippen LogP contribution in [0.5, 0.6) is 0 Å². The van der Waals surface area contributed by atoms with Gasteiger partial charge in [-0.25, -0.2) is 9.36 Å². The Morgan fingerprint density at radius 2 is 1.50 bits per heavy atom. The van der Waals surface area contributed by atoms with Crippen LogP contribution in [-0.2, 0) is 13.6 Å². The maximum absolute atomic E-state index is 11.9. The summed E-state index contributed by atoms with van der Waals surface area (Å²) in [7, 11) is -3.89. The highest BCUT2D eigenvalue weighted by Crippen LogP contribution is 2.44. The minimum atomic E-state index is -3.89. The fraction of sp³-hybridized carbons (Fsp3) is 0.696. The summed E-state index contributed by atoms with van der Waals surface area (Å²) in [5, 5.41) is 18.9. The third-order valence-electron chi connectivity index (χ3n) is 5.37. The molecule has 1 aromatic rings. The quantitative estimate of drug-likeness (QED) is 0.118. The summed E-state index contributed by atoms with van der Waals surface area (Å²) >= 11 is 2.98. The van der Waals surface area contributed by atoms with E-state index in [1.54, 1.807) is 0 Å². The molecule has 0 aliphatic carbocycles. The topological polar surface area (TPSA) is 136 Å². The molecule has 2 N–H and O–H groups in total. The van der Waals surface area contributed by atoms with Crippen LogP contribution in [0.4, 0.5) is 5.69 Å². The first kappa shape index (κ1) is 32.7. The number of carboxylic acid groups (broad SMARTS) is 1. The van der Waals surface area contributed by atoms with Crippen molar-refractivity contribution in [3.05, 3.63) is 38.3 Å². The Bertz CT molecular complexity index is 736. The molecule has 0 amide bonds. The number of unbranched alkanes of at least 4 members (excludes halogenated alkanes) is 2. The van der Waals surface area contributed by atoms with Crippen LogP contribution < -0.4 is 0 Å². The summed E-state index contributed by atoms with van der Waals surface area (Å²) in [6.07, 6.45) is 8.56. The van der Waals surface area contributed by atoms with Gasteiger partial charge in [0.2, 0.25) is 0 Å². The lowest BCUT2D eigenvalue weighted by molar-refractivity contribution is -0.385. The molecule has 0 fully saturated rings. The number of hydrogen-bond donors (Lipinski definition) is 2. The maximum atomic E-state index is 11.9. The molecule has 11 heteroatoms. The number of hydrogen-bond acceptors (Lipinski definition) is 6. The molecule has 34 heavy (non-hydrogen) atoms. The average molecular weight is 568 g/mol. The molecule has 0 saturated heterocycles. The van der Waals surface area contributed by atoms with Crippen molar-refractivity contribution < 1.29 is 33.3 Å². The second-order valence-electron chi connectivity index (χ2n) is 8.15. The molecular formula is C23H39BrNO8P. The fourth-order valence-corrected chi connectivity index (χ4v) is 4.39. The van der Waals surface area contributed by atoms with Crippen LogP contribution in [0.25, 0.3) is 0 Å². The van der Waals surface area contributed by atoms with Gasteiger partial charge in [-0.1, -0.05) is 82.1 Å². The van der Waals surface area contributed by atoms with Crippen molar-refractivity contribution in [2.24, 2.45) is 11.8 Å². The van der Waals surface area contributed by atoms with Crippen LogP contribution >= 0.6 is 23.8 Å². The van der Waals surface area contributed by atoms with Gasteiger partial charge < -0.3 is 10.00 Å². The maximum Gasteiger partial charge on any atom is 0.472 e. The molecule has 1 aromatic carbocycles. The van der Waals surface area contributed by atoms with Gasteiger partial charge in [-0.3, -0.25) is 19.2 Å². The van der Waals surface area contributed by atoms with Gasteiger partial charge >= 0.3 is 13.8 Å². The van der Waals surface area contributed by atoms with Crippen molar-refractivity contribution in [1.29, 1.82) is 0 Å². The van der Waals surface area contributed by atoms with Crippen molar-refractivity contribution in [3.8, 4) is 0 Å². The van der Waals surface area contributed by atoms with Gasteiger partial charge in [-0.05, 0) is 30.7 Å². The first-order valence-electron chi connectivity index (χ1n) is 11.8. The number of non-ortho nitro benzene ring substituents is 1. The highest BCUT2D eigenvalue weighted by molar-refractivity contribution is 9.10. The second kappa shape index (κ2) is 18.0. The third kappa shape index (κ3) is 14.8. The van der Waals surface area contributed by atoms with E-state index < -0.39 is 18.7 Å². The number of phosphoric acid groups is 1. The SMILES string of the molecule is CCCCC(CC)COP(=O)(O)OCC(CC)CCCC.O=C(O)c1cc(Br)cc([N+](=O)[O-])c1. The summed E-state index contributed by atoms with van der Waals surface area (Å²) in [5.74, 6) is -0.503. The third-order valence-corrected chi connectivity index (χ3v) is 6.78. The number of nitro groups is 1. The Morgan fingerprint density at radius 1 is 1.03 bits per heavy atom. The van der Waals surface area contributed by atoms with E-state index >= 15 is 0 Å². The van der Waals surface area contributed by atoms with E-state index in [-0.39, 0.29) is 11.3 Å². The molecule has 2 atom stereocenters. The van der Waals surface area contributed by atoms with Crippen molar-refractivity contribution in [2.75, 3.05) is 13.2 Å². The average Bonchev–Trinajstić information content (AvgIpc) is 2.79. The molecule has 9 nitrogen and oxygen atoms in total. The molecule has 0 aliphatic heterocycles. The monoisotopic (exact) mass is 567 g/mol. The minimum Gasteiger partial charge on any atom is -0.478 e. The number of nitro benzene ring substituents is 1. The smallest absolute Gasteiger partial charge is 0.472 e. The summed E-state index contributed by atoms with van der Waals surface area (Å²) in [4.78, 5) is 29.9. The Balaban J connectivity index is 0.000000712. The lowest BCUT2D eigenvalue weighted by atomic mass is 10.0. The van der Waals surface area contributed by atoms with Gasteiger partial charge in [0.05, 0.1) is 23.7 Å². The van der Waals surface area contributed by atoms with Crippen LogP contribution in [0.3, 0.4) is 0 Å². The minimum absolute atomic E-state index is 0.110. The van der Waals surface area contributed by atoms with E-state index in [2.05, 4.69) is 43.6 Å². The van der Waals surface area contributed by atoms with Crippen molar-refractivity contribution in [2.45, 2.75) is 79.1 Å². The molecule has 0 aromatic heterocycles. The zero-order valence-electron chi connectivity index (χ0n) is 20.6. The highest BCUT2D eigenvalue weighted by atomic mass is 79.9. The van der Waals surface area contributed by atoms with Crippen LogP contribution in [0.15, 0.2) is 22.7 Å². The van der Waals surface area contributed by atoms with Gasteiger partial charge in [0.25, 0.3) is 5.69 Å². The molecule has 0 heterocycles. The number of benzene rings is 1. The number of aromatic carboxylic acids is 1. The number of rotatable bonds is 16. The summed E-state index contributed by atoms with van der Waals surface area (Å²) in [5.41, 5.74) is -0.354. The zero-order valence-corrected chi connectivity index (χ0v) is 23.1. The van der Waals surface area contributed by atoms with Crippen molar-refractivity contribution in [1.82, 2.24) is 0 Å². The summed E-state index contributed by atoms with van der Waals surface area (Å²) in [6.45, 7) is 9.10. The van der Waals surface area contributed by atoms with E-state index in [1.165, 1.54) is 12.1 Å². The number of carbonyl (C=O) groups is 1. The van der Waals surface area contributed by atoms with E-state index in [4.69, 9.17) is 14.2 Å². The first-order valence-corrected chi connectivity index (χ1v) is 14.1. The normalized spacial score (nSPS) is 14.4. The standard InChI is InChI=1S/C16H35O4P.C7H4BrNO4/c1-5-9-11-15(7-3)13-19-21(17,18)20-14-16(8-4)12-10-6-2;8-5-1-4(7(10)11)2-6(3-5)9(12)13/h15-16H,5-14H2,1-4H3,(H,17,18);1-3H,(H,10,11). The number of nitrogens with zero attached hydrogens (tertiary/aromatic N) is 1. The summed E-state index contributed by atoms with van der Waals surface area (Å²) in [6, 6.07) is 3.55. The van der Waals surface area contributed by atoms with Gasteiger partial charge in [0.1, 0.15) is 0 Å². The van der Waals surface area contributed by atoms with Gasteiger partial charge in [0.15, 0.2) is 0 Å². The largest absolute Gasteiger partial charge is 0.478 e. The van der Waals surface area contributed by atoms with Crippen LogP contribution in [0.2, 0.25) is 0 Å². The fourth-order valence-electron chi connectivity index (χ4n) is 3.04. The highest BCUT2D eigenvalue weighted by Gasteiger charge is 2.24. The van der Waals surface area contributed by atoms with Crippen molar-refractivity contribution >= 4 is 35.4 Å². The lowest BCUT2D eigenvalue weighted by Gasteiger charge is -2.20. The predicted molar refractivity (Wildman–Crippen MR) is 136 cm³/mol. The van der Waals surface area contributed by atoms with Gasteiger partial charge in [0, 0.05) is 16.6 Å². The molecule has 0 aliphatic rings. The first-order chi connectivity index (χ1) is 16.0. The Labute approximate surface area is 211 Å². The van der Waals surface area contributed by atoms with E-state index in [1.807, 2.05) is 0 Å². The van der Waals surface area contributed by atoms with Crippen LogP contribution in [0.1, 0.15) is 89.4 Å². The van der Waals surface area contributed by atoms with Crippen molar-refractivity contribution in [3.63, 3.8) is 0 Å². The lowest BCUT2D eigenvalue weighted by Crippen LogP contribution is -2.12. The molecule has 2 unspecified atom stereocenters. The Morgan fingerprint density at radius 3 is 1.85 bits per heavy atom. The van der Waals surface area contributed by atoms with E-state index in [0.717, 1.165) is 57.4 Å². The van der Waals surface area contributed by atoms with E-state index in [0.29, 0.717) is 29.5 Å². The molecule has 0 spiro atoms. The molecule has 0 radical (unpaired) electrons. The van der Waals surface area contributed by atoms with E-state index in [9.17, 15) is 24.4 Å². The van der Waals surface area contributed by atoms with Gasteiger partial charge in [-0.15, -0.1) is 0 Å². The van der Waals surface area contributed by atoms with Crippen LogP contribution in [0, 0.1) is 22.0 Å². The van der Waals surface area contributed by atoms with Gasteiger partial charge in [-0.2, -0.15) is 0 Å².